The zero-order valence-corrected chi connectivity index (χ0v) is 8.62. The summed E-state index contributed by atoms with van der Waals surface area (Å²) in [5.74, 6) is 0. The molecule has 0 aliphatic rings. The van der Waals surface area contributed by atoms with E-state index >= 15 is 0 Å². The number of rotatable bonds is 0. The molecule has 0 atom stereocenters. The van der Waals surface area contributed by atoms with Crippen molar-refractivity contribution in [3.05, 3.63) is 60.2 Å². The third-order valence-corrected chi connectivity index (χ3v) is 2.77. The maximum absolute atomic E-state index is 3.26. The Morgan fingerprint density at radius 2 is 1.80 bits per heavy atom. The lowest BCUT2D eigenvalue weighted by molar-refractivity contribution is 1.51. The zero-order valence-electron chi connectivity index (χ0n) is 8.62. The number of hydrogen-bond acceptors (Lipinski definition) is 0. The molecule has 0 aliphatic heterocycles. The average Bonchev–Trinajstić information content (AvgIpc) is 2.26. The Hall–Kier alpha value is -1.82. The van der Waals surface area contributed by atoms with Gasteiger partial charge in [0, 0.05) is 0 Å². The second-order valence-electron chi connectivity index (χ2n) is 3.96. The Morgan fingerprint density at radius 1 is 0.867 bits per heavy atom. The Kier molecular flexibility index (Phi) is 1.75. The molecular weight excluding hydrogens is 180 g/mol. The van der Waals surface area contributed by atoms with Crippen LogP contribution in [0.5, 0.6) is 0 Å². The predicted octanol–water partition coefficient (Wildman–Crippen LogP) is 4.10. The fourth-order valence-electron chi connectivity index (χ4n) is 1.99. The van der Waals surface area contributed by atoms with E-state index in [4.69, 9.17) is 0 Å². The Labute approximate surface area is 89.2 Å². The van der Waals surface area contributed by atoms with Crippen molar-refractivity contribution in [1.29, 1.82) is 0 Å². The number of aryl methyl sites for hydroxylation is 1. The molecule has 71 valence electrons. The van der Waals surface area contributed by atoms with E-state index in [1.165, 1.54) is 27.1 Å². The molecule has 0 saturated carbocycles. The van der Waals surface area contributed by atoms with E-state index in [0.29, 0.717) is 0 Å². The molecular formula is C15H11. The topological polar surface area (TPSA) is 0 Å². The molecule has 0 heterocycles. The van der Waals surface area contributed by atoms with E-state index in [1.54, 1.807) is 0 Å². The van der Waals surface area contributed by atoms with Crippen LogP contribution in [0.2, 0.25) is 0 Å². The smallest absolute Gasteiger partial charge is 0.00988 e. The molecule has 3 aromatic rings. The minimum absolute atomic E-state index is 1.19. The summed E-state index contributed by atoms with van der Waals surface area (Å²) in [5.41, 5.74) is 1.30. The van der Waals surface area contributed by atoms with E-state index < -0.39 is 0 Å². The molecule has 0 saturated heterocycles. The molecule has 0 bridgehead atoms. The lowest BCUT2D eigenvalue weighted by atomic mass is 10.0. The number of benzene rings is 3. The molecule has 1 radical (unpaired) electrons. The largest absolute Gasteiger partial charge is 0.0610 e. The van der Waals surface area contributed by atoms with Crippen LogP contribution in [0.1, 0.15) is 5.56 Å². The summed E-state index contributed by atoms with van der Waals surface area (Å²) in [6, 6.07) is 20.4. The van der Waals surface area contributed by atoms with Crippen molar-refractivity contribution in [2.45, 2.75) is 6.92 Å². The second kappa shape index (κ2) is 3.09. The van der Waals surface area contributed by atoms with Crippen molar-refractivity contribution in [2.75, 3.05) is 0 Å². The fourth-order valence-corrected chi connectivity index (χ4v) is 1.99. The van der Waals surface area contributed by atoms with Crippen LogP contribution < -0.4 is 0 Å². The van der Waals surface area contributed by atoms with Crippen molar-refractivity contribution in [3.8, 4) is 0 Å². The van der Waals surface area contributed by atoms with Gasteiger partial charge >= 0.3 is 0 Å². The summed E-state index contributed by atoms with van der Waals surface area (Å²) in [7, 11) is 0. The van der Waals surface area contributed by atoms with Gasteiger partial charge in [-0.25, -0.2) is 0 Å². The van der Waals surface area contributed by atoms with Gasteiger partial charge in [-0.1, -0.05) is 42.0 Å². The molecule has 0 heteroatoms. The summed E-state index contributed by atoms with van der Waals surface area (Å²) in [6.07, 6.45) is 0. The summed E-state index contributed by atoms with van der Waals surface area (Å²) < 4.78 is 0. The first-order chi connectivity index (χ1) is 7.33. The van der Waals surface area contributed by atoms with E-state index in [2.05, 4.69) is 49.4 Å². The highest BCUT2D eigenvalue weighted by Crippen LogP contribution is 2.22. The van der Waals surface area contributed by atoms with Gasteiger partial charge in [0.25, 0.3) is 0 Å². The zero-order chi connectivity index (χ0) is 10.3. The molecule has 0 nitrogen and oxygen atoms in total. The van der Waals surface area contributed by atoms with Crippen molar-refractivity contribution in [2.24, 2.45) is 0 Å². The lowest BCUT2D eigenvalue weighted by Crippen LogP contribution is -1.77. The SMILES string of the molecule is Cc1ccc2cc3ccc[c]c3cc2c1. The van der Waals surface area contributed by atoms with E-state index in [-0.39, 0.29) is 0 Å². The van der Waals surface area contributed by atoms with Crippen LogP contribution in [-0.2, 0) is 0 Å². The van der Waals surface area contributed by atoms with Gasteiger partial charge in [0.2, 0.25) is 0 Å². The maximum atomic E-state index is 3.26. The van der Waals surface area contributed by atoms with Crippen LogP contribution in [0.3, 0.4) is 0 Å². The van der Waals surface area contributed by atoms with Crippen molar-refractivity contribution in [1.82, 2.24) is 0 Å². The summed E-state index contributed by atoms with van der Waals surface area (Å²) in [6.45, 7) is 2.12. The third kappa shape index (κ3) is 1.39. The van der Waals surface area contributed by atoms with Crippen molar-refractivity contribution in [3.63, 3.8) is 0 Å². The van der Waals surface area contributed by atoms with Gasteiger partial charge in [-0.05, 0) is 46.7 Å². The minimum Gasteiger partial charge on any atom is -0.0610 e. The Balaban J connectivity index is 2.47. The van der Waals surface area contributed by atoms with Crippen LogP contribution in [0, 0.1) is 13.0 Å². The molecule has 0 aromatic heterocycles. The van der Waals surface area contributed by atoms with Crippen LogP contribution in [-0.4, -0.2) is 0 Å². The highest BCUT2D eigenvalue weighted by molar-refractivity contribution is 5.98. The van der Waals surface area contributed by atoms with Crippen molar-refractivity contribution < 1.29 is 0 Å². The maximum Gasteiger partial charge on any atom is -0.00988 e. The van der Waals surface area contributed by atoms with E-state index in [1.807, 2.05) is 12.1 Å². The summed E-state index contributed by atoms with van der Waals surface area (Å²) in [5, 5.41) is 5.04. The van der Waals surface area contributed by atoms with Gasteiger partial charge in [-0.2, -0.15) is 0 Å². The van der Waals surface area contributed by atoms with Crippen LogP contribution in [0.15, 0.2) is 48.5 Å². The van der Waals surface area contributed by atoms with Crippen LogP contribution in [0.4, 0.5) is 0 Å². The van der Waals surface area contributed by atoms with Gasteiger partial charge in [0.05, 0.1) is 0 Å². The monoisotopic (exact) mass is 191 g/mol. The molecule has 0 amide bonds. The van der Waals surface area contributed by atoms with Gasteiger partial charge in [0.1, 0.15) is 0 Å². The highest BCUT2D eigenvalue weighted by atomic mass is 14.0. The number of fused-ring (bicyclic) bond motifs is 2. The quantitative estimate of drug-likeness (QED) is 0.469. The molecule has 3 aromatic carbocycles. The van der Waals surface area contributed by atoms with Gasteiger partial charge in [-0.3, -0.25) is 0 Å². The standard InChI is InChI=1S/C15H11/c1-11-6-7-14-9-12-4-2-3-5-13(12)10-15(14)8-11/h2-4,6-10H,1H3. The lowest BCUT2D eigenvalue weighted by Gasteiger charge is -2.02. The van der Waals surface area contributed by atoms with Crippen LogP contribution >= 0.6 is 0 Å². The van der Waals surface area contributed by atoms with Gasteiger partial charge in [-0.15, -0.1) is 0 Å². The molecule has 0 N–H and O–H groups in total. The fraction of sp³-hybridized carbons (Fsp3) is 0.0667. The molecule has 0 fully saturated rings. The average molecular weight is 191 g/mol. The first-order valence-electron chi connectivity index (χ1n) is 5.14. The first kappa shape index (κ1) is 8.49. The van der Waals surface area contributed by atoms with Crippen LogP contribution in [0.25, 0.3) is 21.5 Å². The molecule has 3 rings (SSSR count). The summed E-state index contributed by atoms with van der Waals surface area (Å²) in [4.78, 5) is 0. The molecule has 0 spiro atoms. The second-order valence-corrected chi connectivity index (χ2v) is 3.96. The number of hydrogen-bond donors (Lipinski definition) is 0. The Bertz CT molecular complexity index is 636. The first-order valence-corrected chi connectivity index (χ1v) is 5.14. The van der Waals surface area contributed by atoms with Crippen molar-refractivity contribution >= 4 is 21.5 Å². The normalized spacial score (nSPS) is 11.0. The predicted molar refractivity (Wildman–Crippen MR) is 65.0 cm³/mol. The summed E-state index contributed by atoms with van der Waals surface area (Å²) >= 11 is 0. The minimum atomic E-state index is 1.19. The van der Waals surface area contributed by atoms with Gasteiger partial charge in [0.15, 0.2) is 0 Å². The third-order valence-electron chi connectivity index (χ3n) is 2.77. The highest BCUT2D eigenvalue weighted by Gasteiger charge is 1.97. The Morgan fingerprint density at radius 3 is 2.73 bits per heavy atom. The van der Waals surface area contributed by atoms with Gasteiger partial charge < -0.3 is 0 Å². The molecule has 0 unspecified atom stereocenters. The van der Waals surface area contributed by atoms with E-state index in [9.17, 15) is 0 Å². The molecule has 0 aliphatic carbocycles. The van der Waals surface area contributed by atoms with E-state index in [0.717, 1.165) is 0 Å². The molecule has 15 heavy (non-hydrogen) atoms.